The summed E-state index contributed by atoms with van der Waals surface area (Å²) in [5, 5.41) is 4.10. The fourth-order valence-electron chi connectivity index (χ4n) is 2.41. The highest BCUT2D eigenvalue weighted by molar-refractivity contribution is 6.31. The third-order valence-electron chi connectivity index (χ3n) is 3.55. The molecule has 0 radical (unpaired) electrons. The van der Waals surface area contributed by atoms with Crippen molar-refractivity contribution in [1.82, 2.24) is 5.32 Å². The molecule has 0 aliphatic heterocycles. The van der Waals surface area contributed by atoms with Gasteiger partial charge in [-0.25, -0.2) is 0 Å². The molecule has 2 aromatic rings. The van der Waals surface area contributed by atoms with Gasteiger partial charge in [0.15, 0.2) is 0 Å². The molecule has 0 spiro atoms. The van der Waals surface area contributed by atoms with Crippen LogP contribution in [0, 0.1) is 6.92 Å². The Hall–Kier alpha value is -1.71. The molecule has 0 fully saturated rings. The second-order valence-electron chi connectivity index (χ2n) is 4.84. The van der Waals surface area contributed by atoms with Crippen molar-refractivity contribution in [3.05, 3.63) is 58.1 Å². The van der Waals surface area contributed by atoms with Gasteiger partial charge in [0.25, 0.3) is 0 Å². The number of benzene rings is 2. The van der Waals surface area contributed by atoms with Crippen molar-refractivity contribution in [2.75, 3.05) is 21.3 Å². The van der Waals surface area contributed by atoms with Crippen molar-refractivity contribution in [2.45, 2.75) is 13.0 Å². The molecule has 1 N–H and O–H groups in total. The van der Waals surface area contributed by atoms with Crippen LogP contribution in [0.1, 0.15) is 22.7 Å². The first kappa shape index (κ1) is 15.7. The molecule has 0 bridgehead atoms. The summed E-state index contributed by atoms with van der Waals surface area (Å²) in [6, 6.07) is 11.8. The van der Waals surface area contributed by atoms with Crippen molar-refractivity contribution in [3.8, 4) is 11.5 Å². The number of aryl methyl sites for hydroxylation is 1. The summed E-state index contributed by atoms with van der Waals surface area (Å²) >= 11 is 6.12. The number of halogens is 1. The quantitative estimate of drug-likeness (QED) is 0.906. The van der Waals surface area contributed by atoms with Gasteiger partial charge >= 0.3 is 0 Å². The van der Waals surface area contributed by atoms with Crippen LogP contribution < -0.4 is 14.8 Å². The Bertz CT molecular complexity index is 628. The van der Waals surface area contributed by atoms with Crippen LogP contribution in [0.3, 0.4) is 0 Å². The summed E-state index contributed by atoms with van der Waals surface area (Å²) in [6.45, 7) is 2.00. The molecule has 0 saturated carbocycles. The highest BCUT2D eigenvalue weighted by Crippen LogP contribution is 2.34. The summed E-state index contributed by atoms with van der Waals surface area (Å²) in [6.07, 6.45) is 0. The molecule has 0 aromatic heterocycles. The van der Waals surface area contributed by atoms with E-state index in [0.717, 1.165) is 33.2 Å². The topological polar surface area (TPSA) is 30.5 Å². The van der Waals surface area contributed by atoms with Gasteiger partial charge in [-0.05, 0) is 49.4 Å². The third-order valence-corrected chi connectivity index (χ3v) is 3.98. The molecule has 1 unspecified atom stereocenters. The Morgan fingerprint density at radius 1 is 1.05 bits per heavy atom. The maximum atomic E-state index is 6.12. The van der Waals surface area contributed by atoms with Gasteiger partial charge < -0.3 is 14.8 Å². The van der Waals surface area contributed by atoms with Crippen molar-refractivity contribution in [3.63, 3.8) is 0 Å². The van der Waals surface area contributed by atoms with E-state index in [9.17, 15) is 0 Å². The van der Waals surface area contributed by atoms with Gasteiger partial charge in [-0.3, -0.25) is 0 Å². The average Bonchev–Trinajstić information content (AvgIpc) is 2.51. The first-order valence-electron chi connectivity index (χ1n) is 6.76. The van der Waals surface area contributed by atoms with Crippen molar-refractivity contribution in [1.29, 1.82) is 0 Å². The second-order valence-corrected chi connectivity index (χ2v) is 5.25. The highest BCUT2D eigenvalue weighted by atomic mass is 35.5. The molecule has 3 nitrogen and oxygen atoms in total. The summed E-state index contributed by atoms with van der Waals surface area (Å²) in [5.74, 6) is 1.62. The Kier molecular flexibility index (Phi) is 5.10. The number of hydrogen-bond donors (Lipinski definition) is 1. The molecular weight excluding hydrogens is 286 g/mol. The number of nitrogens with one attached hydrogen (secondary N) is 1. The van der Waals surface area contributed by atoms with Crippen LogP contribution in [0.5, 0.6) is 11.5 Å². The molecule has 0 saturated heterocycles. The first-order valence-corrected chi connectivity index (χ1v) is 7.13. The number of rotatable bonds is 5. The van der Waals surface area contributed by atoms with Crippen LogP contribution in [0.2, 0.25) is 5.02 Å². The lowest BCUT2D eigenvalue weighted by Gasteiger charge is -2.21. The smallest absolute Gasteiger partial charge is 0.124 e. The van der Waals surface area contributed by atoms with E-state index in [1.165, 1.54) is 0 Å². The Balaban J connectivity index is 2.51. The van der Waals surface area contributed by atoms with E-state index in [0.29, 0.717) is 0 Å². The minimum absolute atomic E-state index is 0.00557. The summed E-state index contributed by atoms with van der Waals surface area (Å²) < 4.78 is 10.8. The SMILES string of the molecule is CNC(c1ccc(Cl)c(C)c1)c1cc(OC)ccc1OC. The van der Waals surface area contributed by atoms with Gasteiger partial charge in [0.2, 0.25) is 0 Å². The molecule has 0 amide bonds. The molecule has 0 aliphatic rings. The minimum Gasteiger partial charge on any atom is -0.497 e. The lowest BCUT2D eigenvalue weighted by Crippen LogP contribution is -2.18. The maximum absolute atomic E-state index is 6.12. The zero-order valence-electron chi connectivity index (χ0n) is 12.7. The number of methoxy groups -OCH3 is 2. The fraction of sp³-hybridized carbons (Fsp3) is 0.294. The largest absolute Gasteiger partial charge is 0.497 e. The van der Waals surface area contributed by atoms with Crippen LogP contribution >= 0.6 is 11.6 Å². The number of ether oxygens (including phenoxy) is 2. The molecule has 0 aliphatic carbocycles. The lowest BCUT2D eigenvalue weighted by atomic mass is 9.96. The Morgan fingerprint density at radius 3 is 2.38 bits per heavy atom. The van der Waals surface area contributed by atoms with Crippen LogP contribution in [0.4, 0.5) is 0 Å². The van der Waals surface area contributed by atoms with Gasteiger partial charge in [0.1, 0.15) is 11.5 Å². The normalized spacial score (nSPS) is 12.0. The van der Waals surface area contributed by atoms with Gasteiger partial charge in [-0.15, -0.1) is 0 Å². The van der Waals surface area contributed by atoms with Crippen LogP contribution in [0.15, 0.2) is 36.4 Å². The average molecular weight is 306 g/mol. The fourth-order valence-corrected chi connectivity index (χ4v) is 2.53. The van der Waals surface area contributed by atoms with E-state index < -0.39 is 0 Å². The monoisotopic (exact) mass is 305 g/mol. The molecule has 21 heavy (non-hydrogen) atoms. The summed E-state index contributed by atoms with van der Waals surface area (Å²) in [5.41, 5.74) is 3.21. The molecule has 1 atom stereocenters. The van der Waals surface area contributed by atoms with E-state index in [-0.39, 0.29) is 6.04 Å². The minimum atomic E-state index is 0.00557. The third kappa shape index (κ3) is 3.31. The highest BCUT2D eigenvalue weighted by Gasteiger charge is 2.18. The Morgan fingerprint density at radius 2 is 1.81 bits per heavy atom. The maximum Gasteiger partial charge on any atom is 0.124 e. The summed E-state index contributed by atoms with van der Waals surface area (Å²) in [7, 11) is 5.26. The van der Waals surface area contributed by atoms with E-state index in [1.807, 2.05) is 44.3 Å². The van der Waals surface area contributed by atoms with Crippen LogP contribution in [-0.4, -0.2) is 21.3 Å². The van der Waals surface area contributed by atoms with E-state index in [2.05, 4.69) is 11.4 Å². The van der Waals surface area contributed by atoms with Crippen molar-refractivity contribution >= 4 is 11.6 Å². The van der Waals surface area contributed by atoms with Crippen LogP contribution in [-0.2, 0) is 0 Å². The van der Waals surface area contributed by atoms with Gasteiger partial charge in [0, 0.05) is 10.6 Å². The van der Waals surface area contributed by atoms with E-state index in [4.69, 9.17) is 21.1 Å². The zero-order valence-corrected chi connectivity index (χ0v) is 13.5. The first-order chi connectivity index (χ1) is 10.1. The van der Waals surface area contributed by atoms with Gasteiger partial charge in [-0.1, -0.05) is 23.7 Å². The molecular formula is C17H20ClNO2. The van der Waals surface area contributed by atoms with Crippen molar-refractivity contribution in [2.24, 2.45) is 0 Å². The van der Waals surface area contributed by atoms with E-state index >= 15 is 0 Å². The Labute approximate surface area is 130 Å². The van der Waals surface area contributed by atoms with Gasteiger partial charge in [-0.2, -0.15) is 0 Å². The lowest BCUT2D eigenvalue weighted by molar-refractivity contribution is 0.395. The predicted molar refractivity (Wildman–Crippen MR) is 86.6 cm³/mol. The van der Waals surface area contributed by atoms with Gasteiger partial charge in [0.05, 0.1) is 20.3 Å². The predicted octanol–water partition coefficient (Wildman–Crippen LogP) is 3.97. The standard InChI is InChI=1S/C17H20ClNO2/c1-11-9-12(5-7-15(11)18)17(19-2)14-10-13(20-3)6-8-16(14)21-4/h5-10,17,19H,1-4H3. The summed E-state index contributed by atoms with van der Waals surface area (Å²) in [4.78, 5) is 0. The van der Waals surface area contributed by atoms with Crippen molar-refractivity contribution < 1.29 is 9.47 Å². The molecule has 0 heterocycles. The second kappa shape index (κ2) is 6.83. The molecule has 2 rings (SSSR count). The van der Waals surface area contributed by atoms with E-state index in [1.54, 1.807) is 14.2 Å². The zero-order chi connectivity index (χ0) is 15.4. The van der Waals surface area contributed by atoms with Crippen LogP contribution in [0.25, 0.3) is 0 Å². The molecule has 112 valence electrons. The molecule has 4 heteroatoms. The molecule has 2 aromatic carbocycles. The number of hydrogen-bond acceptors (Lipinski definition) is 3.